The first-order chi connectivity index (χ1) is 7.43. The lowest BCUT2D eigenvalue weighted by Gasteiger charge is -2.17. The molecule has 1 aliphatic heterocycles. The molecule has 3 N–H and O–H groups in total. The van der Waals surface area contributed by atoms with Gasteiger partial charge in [0.25, 0.3) is 0 Å². The van der Waals surface area contributed by atoms with Crippen molar-refractivity contribution < 1.29 is 5.48 Å². The molecule has 0 unspecified atom stereocenters. The van der Waals surface area contributed by atoms with Crippen LogP contribution in [0.3, 0.4) is 0 Å². The molecule has 2 aliphatic rings. The second-order valence-corrected chi connectivity index (χ2v) is 4.11. The smallest absolute Gasteiger partial charge is 0.0864 e. The minimum Gasteiger partial charge on any atom is -0.412 e. The predicted molar refractivity (Wildman–Crippen MR) is 67.3 cm³/mol. The minimum atomic E-state index is 0. The van der Waals surface area contributed by atoms with Gasteiger partial charge in [-0.25, -0.2) is 0 Å². The van der Waals surface area contributed by atoms with E-state index in [0.717, 1.165) is 17.8 Å². The van der Waals surface area contributed by atoms with E-state index in [-0.39, 0.29) is 5.48 Å². The fourth-order valence-corrected chi connectivity index (χ4v) is 2.22. The van der Waals surface area contributed by atoms with E-state index in [4.69, 9.17) is 0 Å². The van der Waals surface area contributed by atoms with Crippen LogP contribution >= 0.6 is 0 Å². The fourth-order valence-electron chi connectivity index (χ4n) is 2.22. The van der Waals surface area contributed by atoms with E-state index < -0.39 is 0 Å². The van der Waals surface area contributed by atoms with E-state index in [0.29, 0.717) is 0 Å². The van der Waals surface area contributed by atoms with Gasteiger partial charge in [0.1, 0.15) is 0 Å². The number of aliphatic imine (C=N–C) groups is 1. The molecule has 0 fully saturated rings. The zero-order valence-electron chi connectivity index (χ0n) is 9.16. The third kappa shape index (κ3) is 1.86. The highest BCUT2D eigenvalue weighted by Gasteiger charge is 2.14. The zero-order valence-corrected chi connectivity index (χ0v) is 9.16. The quantitative estimate of drug-likeness (QED) is 0.712. The Labute approximate surface area is 95.2 Å². The Balaban J connectivity index is 0.000000963. The largest absolute Gasteiger partial charge is 0.412 e. The summed E-state index contributed by atoms with van der Waals surface area (Å²) >= 11 is 0. The lowest BCUT2D eigenvalue weighted by atomic mass is 9.97. The molecular weight excluding hydrogens is 200 g/mol. The highest BCUT2D eigenvalue weighted by Crippen LogP contribution is 2.33. The van der Waals surface area contributed by atoms with Gasteiger partial charge < -0.3 is 10.8 Å². The predicted octanol–water partition coefficient (Wildman–Crippen LogP) is 2.82. The van der Waals surface area contributed by atoms with Gasteiger partial charge in [-0.2, -0.15) is 0 Å². The summed E-state index contributed by atoms with van der Waals surface area (Å²) < 4.78 is 0. The zero-order chi connectivity index (χ0) is 10.1. The molecule has 1 aromatic rings. The lowest BCUT2D eigenvalue weighted by molar-refractivity contribution is 0.693. The van der Waals surface area contributed by atoms with Crippen LogP contribution in [0.4, 0.5) is 11.4 Å². The number of para-hydroxylation sites is 2. The molecule has 0 saturated heterocycles. The Morgan fingerprint density at radius 1 is 1.06 bits per heavy atom. The number of hydrogen-bond acceptors (Lipinski definition) is 2. The lowest BCUT2D eigenvalue weighted by Crippen LogP contribution is -2.07. The maximum atomic E-state index is 4.53. The number of allylic oxidation sites excluding steroid dienone is 2. The second-order valence-electron chi connectivity index (χ2n) is 4.11. The average molecular weight is 216 g/mol. The first-order valence-electron chi connectivity index (χ1n) is 5.55. The topological polar surface area (TPSA) is 55.9 Å². The normalized spacial score (nSPS) is 17.8. The first kappa shape index (κ1) is 10.9. The molecular formula is C13H16N2O. The van der Waals surface area contributed by atoms with Crippen molar-refractivity contribution >= 4 is 17.6 Å². The molecule has 84 valence electrons. The summed E-state index contributed by atoms with van der Waals surface area (Å²) in [5.74, 6) is 0. The number of nitrogens with one attached hydrogen (secondary N) is 1. The number of nitrogens with zero attached hydrogens (tertiary/aromatic N) is 1. The first-order valence-corrected chi connectivity index (χ1v) is 5.55. The monoisotopic (exact) mass is 216 g/mol. The summed E-state index contributed by atoms with van der Waals surface area (Å²) in [7, 11) is 0. The highest BCUT2D eigenvalue weighted by molar-refractivity contribution is 5.88. The van der Waals surface area contributed by atoms with Crippen molar-refractivity contribution in [3.63, 3.8) is 0 Å². The molecule has 16 heavy (non-hydrogen) atoms. The molecule has 0 bridgehead atoms. The van der Waals surface area contributed by atoms with Gasteiger partial charge in [0.15, 0.2) is 0 Å². The number of anilines is 1. The molecule has 3 heteroatoms. The molecule has 1 aromatic carbocycles. The Kier molecular flexibility index (Phi) is 3.06. The molecule has 0 radical (unpaired) electrons. The van der Waals surface area contributed by atoms with Crippen LogP contribution in [-0.4, -0.2) is 11.7 Å². The second kappa shape index (κ2) is 4.49. The van der Waals surface area contributed by atoms with E-state index in [2.05, 4.69) is 28.5 Å². The van der Waals surface area contributed by atoms with Crippen LogP contribution in [0, 0.1) is 0 Å². The molecule has 3 rings (SSSR count). The van der Waals surface area contributed by atoms with Crippen LogP contribution < -0.4 is 5.32 Å². The van der Waals surface area contributed by atoms with Gasteiger partial charge in [-0.1, -0.05) is 12.1 Å². The van der Waals surface area contributed by atoms with Gasteiger partial charge >= 0.3 is 0 Å². The van der Waals surface area contributed by atoms with Gasteiger partial charge in [-0.3, -0.25) is 4.99 Å². The van der Waals surface area contributed by atoms with Crippen molar-refractivity contribution in [1.29, 1.82) is 0 Å². The van der Waals surface area contributed by atoms with Gasteiger partial charge in [0, 0.05) is 11.9 Å². The van der Waals surface area contributed by atoms with Gasteiger partial charge in [-0.05, 0) is 43.4 Å². The summed E-state index contributed by atoms with van der Waals surface area (Å²) in [6, 6.07) is 8.23. The maximum Gasteiger partial charge on any atom is 0.0864 e. The molecule has 3 nitrogen and oxygen atoms in total. The van der Waals surface area contributed by atoms with Crippen molar-refractivity contribution in [1.82, 2.24) is 0 Å². The van der Waals surface area contributed by atoms with Crippen LogP contribution in [-0.2, 0) is 0 Å². The molecule has 1 aliphatic carbocycles. The number of rotatable bonds is 0. The molecule has 0 spiro atoms. The van der Waals surface area contributed by atoms with Crippen molar-refractivity contribution in [2.75, 3.05) is 5.32 Å². The van der Waals surface area contributed by atoms with Gasteiger partial charge in [0.05, 0.1) is 11.4 Å². The standard InChI is InChI=1S/C13H14N2.H2O/c1-2-6-11-10(5-1)9-14-12-7-3-4-8-13(12)15-11;/h3-4,7-9,15H,1-2,5-6H2;1H2. The fraction of sp³-hybridized carbons (Fsp3) is 0.308. The minimum absolute atomic E-state index is 0. The van der Waals surface area contributed by atoms with Crippen molar-refractivity contribution in [2.24, 2.45) is 4.99 Å². The van der Waals surface area contributed by atoms with E-state index in [1.54, 1.807) is 0 Å². The van der Waals surface area contributed by atoms with E-state index in [1.807, 2.05) is 12.3 Å². The molecule has 0 aromatic heterocycles. The summed E-state index contributed by atoms with van der Waals surface area (Å²) in [6.45, 7) is 0. The Morgan fingerprint density at radius 3 is 2.81 bits per heavy atom. The van der Waals surface area contributed by atoms with Crippen molar-refractivity contribution in [3.8, 4) is 0 Å². The van der Waals surface area contributed by atoms with Crippen LogP contribution in [0.25, 0.3) is 0 Å². The van der Waals surface area contributed by atoms with Crippen LogP contribution in [0.5, 0.6) is 0 Å². The maximum absolute atomic E-state index is 4.53. The summed E-state index contributed by atoms with van der Waals surface area (Å²) in [4.78, 5) is 4.53. The SMILES string of the molecule is C1=Nc2ccccc2NC2=C1CCCC2.O. The molecule has 0 atom stereocenters. The summed E-state index contributed by atoms with van der Waals surface area (Å²) in [5.41, 5.74) is 4.94. The number of hydrogen-bond donors (Lipinski definition) is 1. The van der Waals surface area contributed by atoms with Gasteiger partial charge in [-0.15, -0.1) is 0 Å². The summed E-state index contributed by atoms with van der Waals surface area (Å²) in [6.07, 6.45) is 6.95. The average Bonchev–Trinajstić information content (AvgIpc) is 2.48. The number of benzene rings is 1. The summed E-state index contributed by atoms with van der Waals surface area (Å²) in [5, 5.41) is 3.52. The van der Waals surface area contributed by atoms with Crippen LogP contribution in [0.1, 0.15) is 25.7 Å². The third-order valence-electron chi connectivity index (χ3n) is 3.06. The van der Waals surface area contributed by atoms with Crippen molar-refractivity contribution in [3.05, 3.63) is 35.5 Å². The van der Waals surface area contributed by atoms with E-state index in [9.17, 15) is 0 Å². The van der Waals surface area contributed by atoms with E-state index >= 15 is 0 Å². The Bertz CT molecular complexity index is 449. The number of fused-ring (bicyclic) bond motifs is 1. The molecule has 0 saturated carbocycles. The Morgan fingerprint density at radius 2 is 1.88 bits per heavy atom. The molecule has 0 amide bonds. The Hall–Kier alpha value is -1.61. The van der Waals surface area contributed by atoms with Crippen molar-refractivity contribution in [2.45, 2.75) is 25.7 Å². The molecule has 1 heterocycles. The highest BCUT2D eigenvalue weighted by atomic mass is 16.0. The third-order valence-corrected chi connectivity index (χ3v) is 3.06. The van der Waals surface area contributed by atoms with E-state index in [1.165, 1.54) is 30.5 Å². The van der Waals surface area contributed by atoms with Gasteiger partial charge in [0.2, 0.25) is 0 Å². The van der Waals surface area contributed by atoms with Crippen LogP contribution in [0.2, 0.25) is 0 Å². The van der Waals surface area contributed by atoms with Crippen LogP contribution in [0.15, 0.2) is 40.5 Å².